The summed E-state index contributed by atoms with van der Waals surface area (Å²) in [5.74, 6) is -0.485. The van der Waals surface area contributed by atoms with Gasteiger partial charge in [-0.25, -0.2) is 4.68 Å². The fourth-order valence-corrected chi connectivity index (χ4v) is 3.94. The molecule has 25 heavy (non-hydrogen) atoms. The van der Waals surface area contributed by atoms with Crippen molar-refractivity contribution >= 4 is 46.2 Å². The number of rotatable bonds is 4. The van der Waals surface area contributed by atoms with Gasteiger partial charge in [-0.05, 0) is 17.5 Å². The minimum Gasteiger partial charge on any atom is -0.502 e. The Bertz CT molecular complexity index is 1020. The lowest BCUT2D eigenvalue weighted by Gasteiger charge is -2.03. The van der Waals surface area contributed by atoms with Gasteiger partial charge in [-0.3, -0.25) is 15.1 Å². The van der Waals surface area contributed by atoms with E-state index in [-0.39, 0.29) is 10.6 Å². The highest BCUT2D eigenvalue weighted by molar-refractivity contribution is 7.14. The summed E-state index contributed by atoms with van der Waals surface area (Å²) < 4.78 is 1.61. The molecular weight excluding hydrogens is 384 g/mol. The maximum absolute atomic E-state index is 11.0. The van der Waals surface area contributed by atoms with Crippen molar-refractivity contribution in [1.29, 1.82) is 0 Å². The van der Waals surface area contributed by atoms with E-state index in [2.05, 4.69) is 10.1 Å². The first kappa shape index (κ1) is 17.3. The second-order valence-electron chi connectivity index (χ2n) is 4.78. The predicted molar refractivity (Wildman–Crippen MR) is 99.9 cm³/mol. The fourth-order valence-electron chi connectivity index (χ4n) is 2.12. The normalized spacial score (nSPS) is 12.2. The molecule has 0 saturated carbocycles. The number of aromatic hydroxyl groups is 1. The van der Waals surface area contributed by atoms with Gasteiger partial charge in [-0.15, -0.1) is 22.7 Å². The van der Waals surface area contributed by atoms with Crippen LogP contribution in [0.4, 0.5) is 5.69 Å². The van der Waals surface area contributed by atoms with Crippen molar-refractivity contribution in [3.05, 3.63) is 60.5 Å². The molecule has 0 amide bonds. The Balaban J connectivity index is 2.10. The first-order chi connectivity index (χ1) is 12.0. The van der Waals surface area contributed by atoms with Gasteiger partial charge in [0.1, 0.15) is 0 Å². The molecule has 1 N–H and O–H groups in total. The monoisotopic (exact) mass is 394 g/mol. The summed E-state index contributed by atoms with van der Waals surface area (Å²) in [6, 6.07) is 6.39. The van der Waals surface area contributed by atoms with E-state index in [9.17, 15) is 15.2 Å². The van der Waals surface area contributed by atoms with Gasteiger partial charge in [-0.2, -0.15) is 5.10 Å². The third kappa shape index (κ3) is 3.48. The number of aromatic nitrogens is 1. The van der Waals surface area contributed by atoms with Gasteiger partial charge in [0.25, 0.3) is 0 Å². The summed E-state index contributed by atoms with van der Waals surface area (Å²) in [6.45, 7) is 0. The van der Waals surface area contributed by atoms with Gasteiger partial charge in [0.2, 0.25) is 10.6 Å². The number of phenolic OH excluding ortho intramolecular Hbond substituents is 1. The summed E-state index contributed by atoms with van der Waals surface area (Å²) in [5.41, 5.74) is 0.521. The molecule has 0 atom stereocenters. The molecular formula is C15H11ClN4O3S2. The van der Waals surface area contributed by atoms with E-state index in [4.69, 9.17) is 11.6 Å². The molecule has 128 valence electrons. The zero-order chi connectivity index (χ0) is 18.0. The molecule has 0 unspecified atom stereocenters. The van der Waals surface area contributed by atoms with Crippen molar-refractivity contribution in [3.63, 3.8) is 0 Å². The smallest absolute Gasteiger partial charge is 0.312 e. The van der Waals surface area contributed by atoms with Crippen LogP contribution in [0.1, 0.15) is 5.56 Å². The first-order valence-electron chi connectivity index (χ1n) is 6.89. The van der Waals surface area contributed by atoms with Crippen molar-refractivity contribution in [3.8, 4) is 16.3 Å². The second-order valence-corrected chi connectivity index (χ2v) is 7.00. The number of nitrogens with zero attached hydrogens (tertiary/aromatic N) is 4. The third-order valence-corrected chi connectivity index (χ3v) is 5.26. The number of nitro benzene ring substituents is 1. The summed E-state index contributed by atoms with van der Waals surface area (Å²) >= 11 is 8.87. The lowest BCUT2D eigenvalue weighted by atomic mass is 10.2. The topological polar surface area (TPSA) is 93.0 Å². The van der Waals surface area contributed by atoms with Gasteiger partial charge >= 0.3 is 5.69 Å². The molecule has 0 fully saturated rings. The Labute approximate surface area is 154 Å². The van der Waals surface area contributed by atoms with Crippen molar-refractivity contribution in [2.75, 3.05) is 7.05 Å². The molecule has 10 heteroatoms. The van der Waals surface area contributed by atoms with Crippen LogP contribution in [0.25, 0.3) is 10.6 Å². The molecule has 0 aliphatic rings. The van der Waals surface area contributed by atoms with Crippen molar-refractivity contribution in [2.24, 2.45) is 10.1 Å². The van der Waals surface area contributed by atoms with E-state index in [1.54, 1.807) is 23.1 Å². The van der Waals surface area contributed by atoms with Crippen molar-refractivity contribution in [2.45, 2.75) is 0 Å². The maximum Gasteiger partial charge on any atom is 0.312 e. The van der Waals surface area contributed by atoms with Gasteiger partial charge in [0.15, 0.2) is 0 Å². The number of hydrogen-bond acceptors (Lipinski definition) is 7. The van der Waals surface area contributed by atoms with Crippen LogP contribution in [0.3, 0.4) is 0 Å². The van der Waals surface area contributed by atoms with E-state index in [0.717, 1.165) is 16.6 Å². The minimum absolute atomic E-state index is 0.139. The number of halogens is 1. The van der Waals surface area contributed by atoms with E-state index < -0.39 is 16.4 Å². The van der Waals surface area contributed by atoms with E-state index in [1.807, 2.05) is 22.9 Å². The largest absolute Gasteiger partial charge is 0.502 e. The molecule has 0 radical (unpaired) electrons. The van der Waals surface area contributed by atoms with Gasteiger partial charge in [0, 0.05) is 29.1 Å². The lowest BCUT2D eigenvalue weighted by Crippen LogP contribution is -2.11. The van der Waals surface area contributed by atoms with Crippen LogP contribution in [0.2, 0.25) is 5.02 Å². The summed E-state index contributed by atoms with van der Waals surface area (Å²) in [4.78, 5) is 16.1. The van der Waals surface area contributed by atoms with Crippen LogP contribution in [0.15, 0.2) is 45.1 Å². The van der Waals surface area contributed by atoms with E-state index >= 15 is 0 Å². The molecule has 1 aromatic carbocycles. The zero-order valence-corrected chi connectivity index (χ0v) is 15.2. The highest BCUT2D eigenvalue weighted by atomic mass is 35.5. The molecule has 0 aliphatic carbocycles. The Morgan fingerprint density at radius 2 is 2.20 bits per heavy atom. The molecule has 3 rings (SSSR count). The summed E-state index contributed by atoms with van der Waals surface area (Å²) in [6.07, 6.45) is 1.33. The number of thiazole rings is 1. The average Bonchev–Trinajstić information content (AvgIpc) is 3.23. The van der Waals surface area contributed by atoms with Crippen LogP contribution in [-0.2, 0) is 0 Å². The Kier molecular flexibility index (Phi) is 4.98. The number of benzene rings is 1. The molecule has 0 spiro atoms. The Hall–Kier alpha value is -2.49. The maximum atomic E-state index is 11.0. The van der Waals surface area contributed by atoms with Gasteiger partial charge < -0.3 is 5.11 Å². The van der Waals surface area contributed by atoms with Gasteiger partial charge in [-0.1, -0.05) is 17.7 Å². The third-order valence-electron chi connectivity index (χ3n) is 3.24. The van der Waals surface area contributed by atoms with Gasteiger partial charge in [0.05, 0.1) is 21.7 Å². The zero-order valence-electron chi connectivity index (χ0n) is 12.8. The van der Waals surface area contributed by atoms with Crippen LogP contribution in [-0.4, -0.2) is 28.0 Å². The average molecular weight is 395 g/mol. The number of thiophene rings is 1. The molecule has 0 bridgehead atoms. The minimum atomic E-state index is -0.694. The SMILES string of the molecule is CN=c1scc(-c2cccs2)n1N=Cc1cc(Cl)cc([N+](=O)[O-])c1O. The number of hydrogen-bond donors (Lipinski definition) is 1. The Morgan fingerprint density at radius 3 is 2.84 bits per heavy atom. The molecule has 0 saturated heterocycles. The van der Waals surface area contributed by atoms with Crippen LogP contribution in [0.5, 0.6) is 5.75 Å². The first-order valence-corrected chi connectivity index (χ1v) is 9.03. The predicted octanol–water partition coefficient (Wildman–Crippen LogP) is 3.96. The lowest BCUT2D eigenvalue weighted by molar-refractivity contribution is -0.385. The van der Waals surface area contributed by atoms with Crippen LogP contribution >= 0.6 is 34.3 Å². The standard InChI is InChI=1S/C15H11ClN4O3S2/c1-17-15-19(12(8-25-15)13-3-2-4-24-13)18-7-9-5-10(16)6-11(14(9)21)20(22)23/h2-8,21H,1H3. The highest BCUT2D eigenvalue weighted by Gasteiger charge is 2.18. The van der Waals surface area contributed by atoms with Crippen molar-refractivity contribution in [1.82, 2.24) is 4.68 Å². The van der Waals surface area contributed by atoms with Crippen LogP contribution < -0.4 is 4.80 Å². The quantitative estimate of drug-likeness (QED) is 0.412. The number of phenols is 1. The second kappa shape index (κ2) is 7.18. The molecule has 3 aromatic rings. The van der Waals surface area contributed by atoms with Crippen molar-refractivity contribution < 1.29 is 10.0 Å². The number of nitro groups is 1. The Morgan fingerprint density at radius 1 is 1.40 bits per heavy atom. The van der Waals surface area contributed by atoms with Crippen LogP contribution in [0, 0.1) is 10.1 Å². The molecule has 2 aromatic heterocycles. The summed E-state index contributed by atoms with van der Waals surface area (Å²) in [7, 11) is 1.65. The summed E-state index contributed by atoms with van der Waals surface area (Å²) in [5, 5.41) is 29.4. The highest BCUT2D eigenvalue weighted by Crippen LogP contribution is 2.32. The molecule has 2 heterocycles. The fraction of sp³-hybridized carbons (Fsp3) is 0.0667. The van der Waals surface area contributed by atoms with E-state index in [1.165, 1.54) is 23.6 Å². The molecule has 0 aliphatic heterocycles. The molecule has 7 nitrogen and oxygen atoms in total. The van der Waals surface area contributed by atoms with E-state index in [0.29, 0.717) is 4.80 Å².